The van der Waals surface area contributed by atoms with Gasteiger partial charge in [0.25, 0.3) is 0 Å². The van der Waals surface area contributed by atoms with E-state index in [0.29, 0.717) is 6.42 Å². The van der Waals surface area contributed by atoms with Crippen molar-refractivity contribution < 1.29 is 4.79 Å². The van der Waals surface area contributed by atoms with Crippen LogP contribution in [0.2, 0.25) is 0 Å². The van der Waals surface area contributed by atoms with Crippen molar-refractivity contribution in [3.63, 3.8) is 0 Å². The van der Waals surface area contributed by atoms with Crippen molar-refractivity contribution in [1.29, 1.82) is 0 Å². The molecule has 4 rings (SSSR count). The molecule has 3 aromatic rings. The van der Waals surface area contributed by atoms with E-state index in [1.807, 2.05) is 53.6 Å². The Balaban J connectivity index is 1.82. The molecule has 21 heavy (non-hydrogen) atoms. The molecule has 0 radical (unpaired) electrons. The van der Waals surface area contributed by atoms with E-state index in [2.05, 4.69) is 17.1 Å². The van der Waals surface area contributed by atoms with Crippen LogP contribution in [-0.4, -0.2) is 10.9 Å². The van der Waals surface area contributed by atoms with Gasteiger partial charge in [0.2, 0.25) is 5.91 Å². The Kier molecular flexibility index (Phi) is 2.78. The monoisotopic (exact) mass is 276 g/mol. The predicted molar refractivity (Wildman–Crippen MR) is 84.2 cm³/mol. The Morgan fingerprint density at radius 1 is 1.00 bits per heavy atom. The molecule has 0 spiro atoms. The van der Waals surface area contributed by atoms with Crippen molar-refractivity contribution >= 4 is 22.5 Å². The highest BCUT2D eigenvalue weighted by Crippen LogP contribution is 2.39. The molecule has 1 N–H and O–H groups in total. The number of amides is 1. The maximum atomic E-state index is 12.3. The summed E-state index contributed by atoms with van der Waals surface area (Å²) in [4.78, 5) is 17.6. The molecule has 1 fully saturated rings. The molecule has 0 aliphatic carbocycles. The Bertz CT molecular complexity index is 791. The Labute approximate surface area is 123 Å². The molecule has 0 bridgehead atoms. The summed E-state index contributed by atoms with van der Waals surface area (Å²) in [5, 5.41) is 1.21. The van der Waals surface area contributed by atoms with Crippen molar-refractivity contribution in [1.82, 2.24) is 4.98 Å². The average Bonchev–Trinajstić information content (AvgIpc) is 3.11. The van der Waals surface area contributed by atoms with Crippen molar-refractivity contribution in [3.05, 3.63) is 66.4 Å². The van der Waals surface area contributed by atoms with Crippen molar-refractivity contribution in [2.45, 2.75) is 18.9 Å². The minimum atomic E-state index is 0.121. The highest BCUT2D eigenvalue weighted by atomic mass is 16.2. The van der Waals surface area contributed by atoms with Gasteiger partial charge in [0, 0.05) is 34.8 Å². The van der Waals surface area contributed by atoms with Gasteiger partial charge in [-0.15, -0.1) is 0 Å². The second-order valence-corrected chi connectivity index (χ2v) is 5.44. The van der Waals surface area contributed by atoms with E-state index in [4.69, 9.17) is 0 Å². The zero-order valence-corrected chi connectivity index (χ0v) is 11.6. The predicted octanol–water partition coefficient (Wildman–Crippen LogP) is 4.04. The van der Waals surface area contributed by atoms with Gasteiger partial charge in [0.15, 0.2) is 0 Å². The van der Waals surface area contributed by atoms with Crippen molar-refractivity contribution in [2.24, 2.45) is 0 Å². The summed E-state index contributed by atoms with van der Waals surface area (Å²) in [7, 11) is 0. The summed E-state index contributed by atoms with van der Waals surface area (Å²) in [6, 6.07) is 18.3. The minimum absolute atomic E-state index is 0.121. The van der Waals surface area contributed by atoms with Gasteiger partial charge in [-0.1, -0.05) is 36.4 Å². The number of fused-ring (bicyclic) bond motifs is 1. The summed E-state index contributed by atoms with van der Waals surface area (Å²) in [6.07, 6.45) is 3.53. The van der Waals surface area contributed by atoms with Crippen LogP contribution in [0.15, 0.2) is 60.8 Å². The number of anilines is 1. The number of aromatic nitrogens is 1. The molecule has 104 valence electrons. The molecular formula is C18H16N2O. The molecule has 0 saturated carbocycles. The number of nitrogens with one attached hydrogen (secondary N) is 1. The summed E-state index contributed by atoms with van der Waals surface area (Å²) < 4.78 is 0. The lowest BCUT2D eigenvalue weighted by Crippen LogP contribution is -2.27. The Hall–Kier alpha value is -2.55. The van der Waals surface area contributed by atoms with E-state index in [0.717, 1.165) is 17.6 Å². The standard InChI is InChI=1S/C18H16N2O/c21-18-11-10-17(20(18)13-6-2-1-3-7-13)15-12-19-16-9-5-4-8-14(15)16/h1-9,12,17,19H,10-11H2/t17-/m0/s1. The maximum Gasteiger partial charge on any atom is 0.227 e. The van der Waals surface area contributed by atoms with Crippen LogP contribution in [0.1, 0.15) is 24.4 Å². The third kappa shape index (κ3) is 1.93. The lowest BCUT2D eigenvalue weighted by Gasteiger charge is -2.24. The molecule has 1 aliphatic rings. The molecule has 2 aromatic carbocycles. The van der Waals surface area contributed by atoms with E-state index < -0.39 is 0 Å². The smallest absolute Gasteiger partial charge is 0.227 e. The van der Waals surface area contributed by atoms with Crippen LogP contribution in [-0.2, 0) is 4.79 Å². The summed E-state index contributed by atoms with van der Waals surface area (Å²) >= 11 is 0. The third-order valence-electron chi connectivity index (χ3n) is 4.23. The third-order valence-corrected chi connectivity index (χ3v) is 4.23. The van der Waals surface area contributed by atoms with Crippen LogP contribution in [0.3, 0.4) is 0 Å². The first-order valence-electron chi connectivity index (χ1n) is 7.28. The van der Waals surface area contributed by atoms with Gasteiger partial charge in [-0.25, -0.2) is 0 Å². The van der Waals surface area contributed by atoms with Gasteiger partial charge in [-0.05, 0) is 24.6 Å². The van der Waals surface area contributed by atoms with Crippen LogP contribution < -0.4 is 4.90 Å². The van der Waals surface area contributed by atoms with Gasteiger partial charge in [0.1, 0.15) is 0 Å². The zero-order chi connectivity index (χ0) is 14.2. The summed E-state index contributed by atoms with van der Waals surface area (Å²) in [5.41, 5.74) is 3.32. The van der Waals surface area contributed by atoms with Gasteiger partial charge in [-0.2, -0.15) is 0 Å². The number of carbonyl (C=O) groups excluding carboxylic acids is 1. The fourth-order valence-electron chi connectivity index (χ4n) is 3.26. The van der Waals surface area contributed by atoms with Crippen molar-refractivity contribution in [2.75, 3.05) is 4.90 Å². The number of hydrogen-bond donors (Lipinski definition) is 1. The van der Waals surface area contributed by atoms with Gasteiger partial charge in [0.05, 0.1) is 6.04 Å². The largest absolute Gasteiger partial charge is 0.361 e. The number of hydrogen-bond acceptors (Lipinski definition) is 1. The van der Waals surface area contributed by atoms with Gasteiger partial charge in [-0.3, -0.25) is 4.79 Å². The van der Waals surface area contributed by atoms with Crippen LogP contribution in [0.25, 0.3) is 10.9 Å². The number of nitrogens with zero attached hydrogens (tertiary/aromatic N) is 1. The highest BCUT2D eigenvalue weighted by molar-refractivity contribution is 5.97. The van der Waals surface area contributed by atoms with E-state index in [1.54, 1.807) is 0 Å². The number of benzene rings is 2. The van der Waals surface area contributed by atoms with Crippen LogP contribution in [0.4, 0.5) is 5.69 Å². The van der Waals surface area contributed by atoms with E-state index >= 15 is 0 Å². The highest BCUT2D eigenvalue weighted by Gasteiger charge is 2.34. The number of aromatic amines is 1. The Morgan fingerprint density at radius 3 is 2.62 bits per heavy atom. The zero-order valence-electron chi connectivity index (χ0n) is 11.6. The molecular weight excluding hydrogens is 260 g/mol. The molecule has 3 heteroatoms. The minimum Gasteiger partial charge on any atom is -0.361 e. The molecule has 1 aliphatic heterocycles. The van der Waals surface area contributed by atoms with E-state index in [1.165, 1.54) is 10.9 Å². The molecule has 2 heterocycles. The van der Waals surface area contributed by atoms with Crippen molar-refractivity contribution in [3.8, 4) is 0 Å². The fourth-order valence-corrected chi connectivity index (χ4v) is 3.26. The van der Waals surface area contributed by atoms with Crippen LogP contribution >= 0.6 is 0 Å². The number of H-pyrrole nitrogens is 1. The van der Waals surface area contributed by atoms with E-state index in [9.17, 15) is 4.79 Å². The molecule has 1 amide bonds. The average molecular weight is 276 g/mol. The molecule has 1 atom stereocenters. The number of carbonyl (C=O) groups is 1. The molecule has 1 aromatic heterocycles. The summed E-state index contributed by atoms with van der Waals surface area (Å²) in [6.45, 7) is 0. The molecule has 1 saturated heterocycles. The van der Waals surface area contributed by atoms with Gasteiger partial charge < -0.3 is 9.88 Å². The lowest BCUT2D eigenvalue weighted by molar-refractivity contribution is -0.117. The van der Waals surface area contributed by atoms with E-state index in [-0.39, 0.29) is 11.9 Å². The first-order chi connectivity index (χ1) is 10.3. The quantitative estimate of drug-likeness (QED) is 0.753. The normalized spacial score (nSPS) is 18.6. The Morgan fingerprint density at radius 2 is 1.76 bits per heavy atom. The second kappa shape index (κ2) is 4.77. The molecule has 0 unspecified atom stereocenters. The topological polar surface area (TPSA) is 36.1 Å². The first kappa shape index (κ1) is 12.2. The number of rotatable bonds is 2. The summed E-state index contributed by atoms with van der Waals surface area (Å²) in [5.74, 6) is 0.205. The second-order valence-electron chi connectivity index (χ2n) is 5.44. The van der Waals surface area contributed by atoms with Gasteiger partial charge >= 0.3 is 0 Å². The lowest BCUT2D eigenvalue weighted by atomic mass is 10.0. The fraction of sp³-hybridized carbons (Fsp3) is 0.167. The maximum absolute atomic E-state index is 12.3. The SMILES string of the molecule is O=C1CC[C@@H](c2c[nH]c3ccccc23)N1c1ccccc1. The van der Waals surface area contributed by atoms with Crippen LogP contribution in [0, 0.1) is 0 Å². The van der Waals surface area contributed by atoms with Crippen LogP contribution in [0.5, 0.6) is 0 Å². The molecule has 3 nitrogen and oxygen atoms in total. The first-order valence-corrected chi connectivity index (χ1v) is 7.28. The number of para-hydroxylation sites is 2.